The van der Waals surface area contributed by atoms with Gasteiger partial charge < -0.3 is 19.3 Å². The van der Waals surface area contributed by atoms with Crippen molar-refractivity contribution in [3.05, 3.63) is 34.8 Å². The minimum atomic E-state index is -1.16. The average Bonchev–Trinajstić information content (AvgIpc) is 2.65. The van der Waals surface area contributed by atoms with E-state index in [1.807, 2.05) is 6.07 Å². The highest BCUT2D eigenvalue weighted by atomic mass is 16.6. The molecule has 0 rings (SSSR count). The van der Waals surface area contributed by atoms with Crippen molar-refractivity contribution in [2.75, 3.05) is 21.3 Å². The first-order valence-electron chi connectivity index (χ1n) is 6.63. The number of allylic oxidation sites excluding steroid dienone is 4. The summed E-state index contributed by atoms with van der Waals surface area (Å²) in [6.07, 6.45) is 1.61. The molecule has 0 aliphatic heterocycles. The number of ether oxygens (including phenoxy) is 3. The molecule has 130 valence electrons. The van der Waals surface area contributed by atoms with Gasteiger partial charge >= 0.3 is 11.9 Å². The molecule has 1 unspecified atom stereocenters. The van der Waals surface area contributed by atoms with E-state index < -0.39 is 35.8 Å². The van der Waals surface area contributed by atoms with Crippen LogP contribution in [-0.2, 0) is 23.8 Å². The number of nitriles is 3. The van der Waals surface area contributed by atoms with Crippen molar-refractivity contribution >= 4 is 11.9 Å². The first-order chi connectivity index (χ1) is 11.9. The number of methoxy groups -OCH3 is 3. The fourth-order valence-electron chi connectivity index (χ4n) is 1.56. The Morgan fingerprint density at radius 2 is 1.68 bits per heavy atom. The summed E-state index contributed by atoms with van der Waals surface area (Å²) in [7, 11) is 3.30. The molecule has 0 radical (unpaired) electrons. The van der Waals surface area contributed by atoms with Crippen LogP contribution in [0, 0.1) is 39.9 Å². The Balaban J connectivity index is 6.34. The molecule has 0 aromatic carbocycles. The Kier molecular flexibility index (Phi) is 9.23. The van der Waals surface area contributed by atoms with Crippen LogP contribution in [0.5, 0.6) is 0 Å². The molecule has 9 nitrogen and oxygen atoms in total. The molecule has 0 aromatic heterocycles. The fraction of sp³-hybridized carbons (Fsp3) is 0.312. The lowest BCUT2D eigenvalue weighted by molar-refractivity contribution is -0.141. The quantitative estimate of drug-likeness (QED) is 0.235. The minimum absolute atomic E-state index is 0.0602. The van der Waals surface area contributed by atoms with Gasteiger partial charge in [-0.25, -0.2) is 4.79 Å². The molecule has 0 saturated carbocycles. The molecule has 25 heavy (non-hydrogen) atoms. The molecule has 0 amide bonds. The third-order valence-corrected chi connectivity index (χ3v) is 2.85. The van der Waals surface area contributed by atoms with E-state index >= 15 is 0 Å². The van der Waals surface area contributed by atoms with Crippen LogP contribution in [0.1, 0.15) is 6.42 Å². The summed E-state index contributed by atoms with van der Waals surface area (Å²) in [4.78, 5) is 23.0. The Labute approximate surface area is 144 Å². The average molecular weight is 345 g/mol. The molecule has 0 fully saturated rings. The number of esters is 2. The summed E-state index contributed by atoms with van der Waals surface area (Å²) in [5, 5.41) is 36.9. The van der Waals surface area contributed by atoms with Gasteiger partial charge in [-0.3, -0.25) is 4.79 Å². The zero-order valence-electron chi connectivity index (χ0n) is 13.8. The van der Waals surface area contributed by atoms with Crippen LogP contribution in [0.15, 0.2) is 34.8 Å². The van der Waals surface area contributed by atoms with Gasteiger partial charge in [0.15, 0.2) is 0 Å². The Bertz CT molecular complexity index is 743. The Hall–Kier alpha value is -3.77. The monoisotopic (exact) mass is 345 g/mol. The van der Waals surface area contributed by atoms with E-state index in [1.54, 1.807) is 12.1 Å². The molecule has 0 bridgehead atoms. The summed E-state index contributed by atoms with van der Waals surface area (Å²) in [6.45, 7) is 0. The summed E-state index contributed by atoms with van der Waals surface area (Å²) in [5.74, 6) is -3.59. The largest absolute Gasteiger partial charge is 0.480 e. The molecule has 1 N–H and O–H groups in total. The summed E-state index contributed by atoms with van der Waals surface area (Å²) >= 11 is 0. The highest BCUT2D eigenvalue weighted by Crippen LogP contribution is 2.21. The van der Waals surface area contributed by atoms with Crippen LogP contribution in [0.25, 0.3) is 0 Å². The van der Waals surface area contributed by atoms with Gasteiger partial charge in [0, 0.05) is 0 Å². The topological polar surface area (TPSA) is 153 Å². The van der Waals surface area contributed by atoms with E-state index in [0.29, 0.717) is 0 Å². The van der Waals surface area contributed by atoms with E-state index in [-0.39, 0.29) is 11.1 Å². The number of nitrogens with zero attached hydrogens (tertiary/aromatic N) is 3. The van der Waals surface area contributed by atoms with Gasteiger partial charge in [0.25, 0.3) is 5.95 Å². The van der Waals surface area contributed by atoms with E-state index in [2.05, 4.69) is 14.2 Å². The van der Waals surface area contributed by atoms with Crippen LogP contribution < -0.4 is 0 Å². The van der Waals surface area contributed by atoms with Crippen molar-refractivity contribution in [2.24, 2.45) is 5.92 Å². The zero-order chi connectivity index (χ0) is 19.4. The summed E-state index contributed by atoms with van der Waals surface area (Å²) in [6, 6.07) is 5.04. The highest BCUT2D eigenvalue weighted by molar-refractivity contribution is 5.93. The maximum absolute atomic E-state index is 11.5. The van der Waals surface area contributed by atoms with Gasteiger partial charge in [0.05, 0.1) is 39.7 Å². The lowest BCUT2D eigenvalue weighted by Crippen LogP contribution is -2.12. The molecule has 9 heteroatoms. The van der Waals surface area contributed by atoms with Crippen molar-refractivity contribution in [1.82, 2.24) is 0 Å². The highest BCUT2D eigenvalue weighted by Gasteiger charge is 2.21. The van der Waals surface area contributed by atoms with E-state index in [0.717, 1.165) is 33.5 Å². The second kappa shape index (κ2) is 10.9. The van der Waals surface area contributed by atoms with Crippen LogP contribution >= 0.6 is 0 Å². The normalized spacial score (nSPS) is 13.3. The smallest absolute Gasteiger partial charge is 0.348 e. The van der Waals surface area contributed by atoms with Crippen molar-refractivity contribution in [1.29, 1.82) is 15.8 Å². The lowest BCUT2D eigenvalue weighted by Gasteiger charge is -2.10. The third kappa shape index (κ3) is 6.47. The maximum Gasteiger partial charge on any atom is 0.348 e. The molecule has 0 aliphatic rings. The van der Waals surface area contributed by atoms with Crippen molar-refractivity contribution in [3.8, 4) is 18.2 Å². The first kappa shape index (κ1) is 21.2. The number of carbonyl (C=O) groups is 2. The fourth-order valence-corrected chi connectivity index (χ4v) is 1.56. The summed E-state index contributed by atoms with van der Waals surface area (Å²) in [5.41, 5.74) is -0.899. The molecule has 0 aliphatic carbocycles. The van der Waals surface area contributed by atoms with Crippen LogP contribution in [0.3, 0.4) is 0 Å². The second-order valence-electron chi connectivity index (χ2n) is 4.30. The van der Waals surface area contributed by atoms with E-state index in [4.69, 9.17) is 10.5 Å². The number of rotatable bonds is 7. The number of hydrogen-bond donors (Lipinski definition) is 1. The molecule has 0 aromatic rings. The van der Waals surface area contributed by atoms with Crippen LogP contribution in [-0.4, -0.2) is 38.4 Å². The van der Waals surface area contributed by atoms with E-state index in [9.17, 15) is 20.0 Å². The van der Waals surface area contributed by atoms with Crippen molar-refractivity contribution in [3.63, 3.8) is 0 Å². The minimum Gasteiger partial charge on any atom is -0.480 e. The molecule has 0 saturated heterocycles. The first-order valence-corrected chi connectivity index (χ1v) is 6.63. The third-order valence-electron chi connectivity index (χ3n) is 2.85. The lowest BCUT2D eigenvalue weighted by atomic mass is 9.93. The standard InChI is InChI=1S/C16H15N3O6/c1-23-14(20)6-11(7-17)10(4-12(8-18)15(21)24-2)5-13(9-19)16(22)25-3/h4-5,11,21H,6H2,1-3H3. The predicted octanol–water partition coefficient (Wildman–Crippen LogP) is 1.18. The molecule has 1 atom stereocenters. The van der Waals surface area contributed by atoms with Gasteiger partial charge in [0.1, 0.15) is 23.3 Å². The van der Waals surface area contributed by atoms with Crippen LogP contribution in [0.2, 0.25) is 0 Å². The molecular weight excluding hydrogens is 330 g/mol. The number of hydrogen-bond acceptors (Lipinski definition) is 9. The van der Waals surface area contributed by atoms with Crippen molar-refractivity contribution in [2.45, 2.75) is 6.42 Å². The maximum atomic E-state index is 11.5. The predicted molar refractivity (Wildman–Crippen MR) is 81.8 cm³/mol. The van der Waals surface area contributed by atoms with Gasteiger partial charge in [-0.2, -0.15) is 15.8 Å². The Morgan fingerprint density at radius 3 is 2.08 bits per heavy atom. The Morgan fingerprint density at radius 1 is 1.04 bits per heavy atom. The van der Waals surface area contributed by atoms with Gasteiger partial charge in [-0.05, 0) is 17.7 Å². The van der Waals surface area contributed by atoms with Gasteiger partial charge in [0.2, 0.25) is 0 Å². The molecule has 0 spiro atoms. The van der Waals surface area contributed by atoms with Gasteiger partial charge in [-0.1, -0.05) is 0 Å². The second-order valence-corrected chi connectivity index (χ2v) is 4.30. The van der Waals surface area contributed by atoms with Gasteiger partial charge in [-0.15, -0.1) is 0 Å². The van der Waals surface area contributed by atoms with Crippen molar-refractivity contribution < 1.29 is 28.9 Å². The summed E-state index contributed by atoms with van der Waals surface area (Å²) < 4.78 is 13.5. The SMILES string of the molecule is COC(=O)CC(C#N)C(C=C(C#N)C(=O)OC)=CC(C#N)=C(O)OC. The van der Waals surface area contributed by atoms with E-state index in [1.165, 1.54) is 0 Å². The molecule has 0 heterocycles. The zero-order valence-corrected chi connectivity index (χ0v) is 13.8. The van der Waals surface area contributed by atoms with Crippen LogP contribution in [0.4, 0.5) is 0 Å². The molecular formula is C16H15N3O6. The number of carbonyl (C=O) groups excluding carboxylic acids is 2. The number of aliphatic hydroxyl groups is 1. The number of aliphatic hydroxyl groups excluding tert-OH is 1.